The minimum atomic E-state index is -0.504. The summed E-state index contributed by atoms with van der Waals surface area (Å²) in [6.45, 7) is 1.67. The van der Waals surface area contributed by atoms with Crippen LogP contribution in [0.3, 0.4) is 0 Å². The Morgan fingerprint density at radius 3 is 2.81 bits per heavy atom. The number of fused-ring (bicyclic) bond motifs is 2. The summed E-state index contributed by atoms with van der Waals surface area (Å²) in [5.41, 5.74) is 0.940. The summed E-state index contributed by atoms with van der Waals surface area (Å²) in [6.07, 6.45) is 1.55. The van der Waals surface area contributed by atoms with E-state index < -0.39 is 5.60 Å². The van der Waals surface area contributed by atoms with Crippen molar-refractivity contribution in [1.29, 1.82) is 0 Å². The molecule has 84 valence electrons. The van der Waals surface area contributed by atoms with Crippen molar-refractivity contribution in [2.24, 2.45) is 0 Å². The number of ether oxygens (including phenoxy) is 1. The summed E-state index contributed by atoms with van der Waals surface area (Å²) in [4.78, 5) is 11.7. The van der Waals surface area contributed by atoms with Crippen LogP contribution in [0.1, 0.15) is 28.8 Å². The van der Waals surface area contributed by atoms with Gasteiger partial charge in [-0.2, -0.15) is 0 Å². The van der Waals surface area contributed by atoms with Gasteiger partial charge in [0.25, 0.3) is 0 Å². The molecule has 4 nitrogen and oxygen atoms in total. The van der Waals surface area contributed by atoms with Gasteiger partial charge in [-0.25, -0.2) is 4.79 Å². The van der Waals surface area contributed by atoms with Crippen LogP contribution in [0.25, 0.3) is 0 Å². The molecular weight excluding hydrogens is 206 g/mol. The van der Waals surface area contributed by atoms with E-state index >= 15 is 0 Å². The van der Waals surface area contributed by atoms with E-state index in [-0.39, 0.29) is 11.7 Å². The standard InChI is InChI=1S/C12H13NO3/c14-8-1-2-9-10(7-8)12(16-11(9)15)3-5-13-6-4-12/h1-2,7,13-14H,3-6H2. The summed E-state index contributed by atoms with van der Waals surface area (Å²) in [5.74, 6) is -0.0770. The fraction of sp³-hybridized carbons (Fsp3) is 0.417. The van der Waals surface area contributed by atoms with Crippen LogP contribution in [0, 0.1) is 0 Å². The number of rotatable bonds is 0. The molecule has 1 aromatic carbocycles. The van der Waals surface area contributed by atoms with Crippen LogP contribution >= 0.6 is 0 Å². The Morgan fingerprint density at radius 2 is 2.06 bits per heavy atom. The molecule has 0 aliphatic carbocycles. The third-order valence-corrected chi connectivity index (χ3v) is 3.41. The van der Waals surface area contributed by atoms with E-state index in [2.05, 4.69) is 5.32 Å². The van der Waals surface area contributed by atoms with Crippen LogP contribution < -0.4 is 5.32 Å². The Morgan fingerprint density at radius 1 is 1.31 bits per heavy atom. The van der Waals surface area contributed by atoms with Gasteiger partial charge < -0.3 is 15.2 Å². The fourth-order valence-electron chi connectivity index (χ4n) is 2.58. The maximum atomic E-state index is 11.7. The molecule has 16 heavy (non-hydrogen) atoms. The predicted octanol–water partition coefficient (Wildman–Crippen LogP) is 1.14. The third kappa shape index (κ3) is 1.23. The summed E-state index contributed by atoms with van der Waals surface area (Å²) in [6, 6.07) is 4.83. The average molecular weight is 219 g/mol. The van der Waals surface area contributed by atoms with Gasteiger partial charge in [0.2, 0.25) is 0 Å². The van der Waals surface area contributed by atoms with Gasteiger partial charge in [0, 0.05) is 18.4 Å². The van der Waals surface area contributed by atoms with Gasteiger partial charge in [-0.3, -0.25) is 0 Å². The van der Waals surface area contributed by atoms with E-state index in [0.717, 1.165) is 31.5 Å². The van der Waals surface area contributed by atoms with Crippen molar-refractivity contribution in [3.63, 3.8) is 0 Å². The van der Waals surface area contributed by atoms with Crippen LogP contribution in [-0.2, 0) is 10.3 Å². The molecule has 1 spiro atoms. The van der Waals surface area contributed by atoms with Gasteiger partial charge >= 0.3 is 5.97 Å². The van der Waals surface area contributed by atoms with Crippen molar-refractivity contribution in [1.82, 2.24) is 5.32 Å². The molecule has 1 aromatic rings. The Hall–Kier alpha value is -1.55. The quantitative estimate of drug-likeness (QED) is 0.642. The van der Waals surface area contributed by atoms with E-state index in [4.69, 9.17) is 4.74 Å². The number of nitrogens with one attached hydrogen (secondary N) is 1. The van der Waals surface area contributed by atoms with Crippen LogP contribution in [-0.4, -0.2) is 24.2 Å². The minimum Gasteiger partial charge on any atom is -0.508 e. The van der Waals surface area contributed by atoms with Crippen molar-refractivity contribution >= 4 is 5.97 Å². The highest BCUT2D eigenvalue weighted by molar-refractivity contribution is 5.95. The molecule has 1 fully saturated rings. The lowest BCUT2D eigenvalue weighted by Crippen LogP contribution is -2.39. The number of aromatic hydroxyl groups is 1. The fourth-order valence-corrected chi connectivity index (χ4v) is 2.58. The van der Waals surface area contributed by atoms with Crippen molar-refractivity contribution in [3.8, 4) is 5.75 Å². The first kappa shape index (κ1) is 9.66. The summed E-state index contributed by atoms with van der Waals surface area (Å²) in [5, 5.41) is 12.8. The molecule has 0 atom stereocenters. The van der Waals surface area contributed by atoms with E-state index in [1.54, 1.807) is 12.1 Å². The second-order valence-electron chi connectivity index (χ2n) is 4.36. The van der Waals surface area contributed by atoms with E-state index in [9.17, 15) is 9.90 Å². The number of esters is 1. The Bertz CT molecular complexity index is 450. The van der Waals surface area contributed by atoms with E-state index in [1.165, 1.54) is 6.07 Å². The van der Waals surface area contributed by atoms with Crippen molar-refractivity contribution < 1.29 is 14.6 Å². The number of hydrogen-bond donors (Lipinski definition) is 2. The highest BCUT2D eigenvalue weighted by atomic mass is 16.6. The summed E-state index contributed by atoms with van der Waals surface area (Å²) >= 11 is 0. The van der Waals surface area contributed by atoms with Gasteiger partial charge in [0.1, 0.15) is 11.4 Å². The number of benzene rings is 1. The van der Waals surface area contributed by atoms with Gasteiger partial charge in [0.05, 0.1) is 5.56 Å². The Labute approximate surface area is 93.2 Å². The molecule has 3 rings (SSSR count). The molecule has 0 unspecified atom stereocenters. The molecule has 0 bridgehead atoms. The molecule has 0 aromatic heterocycles. The van der Waals surface area contributed by atoms with Crippen LogP contribution in [0.2, 0.25) is 0 Å². The molecule has 1 saturated heterocycles. The molecular formula is C12H13NO3. The number of piperidine rings is 1. The molecule has 2 aliphatic rings. The lowest BCUT2D eigenvalue weighted by Gasteiger charge is -2.33. The summed E-state index contributed by atoms with van der Waals surface area (Å²) < 4.78 is 5.53. The van der Waals surface area contributed by atoms with Gasteiger partial charge in [-0.1, -0.05) is 0 Å². The van der Waals surface area contributed by atoms with Crippen molar-refractivity contribution in [2.75, 3.05) is 13.1 Å². The monoisotopic (exact) mass is 219 g/mol. The van der Waals surface area contributed by atoms with Gasteiger partial charge in [0.15, 0.2) is 0 Å². The highest BCUT2D eigenvalue weighted by Gasteiger charge is 2.46. The predicted molar refractivity (Wildman–Crippen MR) is 57.3 cm³/mol. The SMILES string of the molecule is O=C1OC2(CCNCC2)c2cc(O)ccc21. The van der Waals surface area contributed by atoms with Crippen LogP contribution in [0.4, 0.5) is 0 Å². The zero-order valence-electron chi connectivity index (χ0n) is 8.82. The first-order valence-corrected chi connectivity index (χ1v) is 5.49. The first-order chi connectivity index (χ1) is 7.71. The molecule has 2 aliphatic heterocycles. The molecule has 0 amide bonds. The normalized spacial score (nSPS) is 21.9. The van der Waals surface area contributed by atoms with E-state index in [0.29, 0.717) is 5.56 Å². The lowest BCUT2D eigenvalue weighted by atomic mass is 9.84. The van der Waals surface area contributed by atoms with Crippen LogP contribution in [0.15, 0.2) is 18.2 Å². The minimum absolute atomic E-state index is 0.190. The molecule has 0 saturated carbocycles. The van der Waals surface area contributed by atoms with Gasteiger partial charge in [-0.15, -0.1) is 0 Å². The maximum Gasteiger partial charge on any atom is 0.339 e. The number of hydrogen-bond acceptors (Lipinski definition) is 4. The first-order valence-electron chi connectivity index (χ1n) is 5.49. The second kappa shape index (κ2) is 3.22. The smallest absolute Gasteiger partial charge is 0.339 e. The zero-order chi connectivity index (χ0) is 11.2. The van der Waals surface area contributed by atoms with Gasteiger partial charge in [-0.05, 0) is 31.3 Å². The van der Waals surface area contributed by atoms with Crippen LogP contribution in [0.5, 0.6) is 5.75 Å². The third-order valence-electron chi connectivity index (χ3n) is 3.41. The molecule has 2 N–H and O–H groups in total. The number of carbonyl (C=O) groups excluding carboxylic acids is 1. The molecule has 0 radical (unpaired) electrons. The van der Waals surface area contributed by atoms with Crippen molar-refractivity contribution in [3.05, 3.63) is 29.3 Å². The van der Waals surface area contributed by atoms with E-state index in [1.807, 2.05) is 0 Å². The second-order valence-corrected chi connectivity index (χ2v) is 4.36. The highest BCUT2D eigenvalue weighted by Crippen LogP contribution is 2.43. The summed E-state index contributed by atoms with van der Waals surface area (Å²) in [7, 11) is 0. The largest absolute Gasteiger partial charge is 0.508 e. The molecule has 4 heteroatoms. The number of phenolic OH excluding ortho intramolecular Hbond substituents is 1. The van der Waals surface area contributed by atoms with Crippen molar-refractivity contribution in [2.45, 2.75) is 18.4 Å². The molecule has 2 heterocycles. The lowest BCUT2D eigenvalue weighted by molar-refractivity contribution is -0.0242. The zero-order valence-corrected chi connectivity index (χ0v) is 8.82. The number of phenols is 1. The maximum absolute atomic E-state index is 11.7. The Balaban J connectivity index is 2.12. The Kier molecular flexibility index (Phi) is 1.94. The average Bonchev–Trinajstić information content (AvgIpc) is 2.53. The number of carbonyl (C=O) groups is 1. The topological polar surface area (TPSA) is 58.6 Å².